The summed E-state index contributed by atoms with van der Waals surface area (Å²) < 4.78 is 5.05. The van der Waals surface area contributed by atoms with Crippen LogP contribution in [0.1, 0.15) is 5.56 Å². The first-order chi connectivity index (χ1) is 9.08. The monoisotopic (exact) mass is 277 g/mol. The maximum Gasteiger partial charge on any atom is 0.291 e. The first-order valence-corrected chi connectivity index (χ1v) is 6.00. The molecule has 19 heavy (non-hydrogen) atoms. The normalized spacial score (nSPS) is 10.4. The zero-order valence-electron chi connectivity index (χ0n) is 10.3. The Bertz CT molecular complexity index is 765. The Morgan fingerprint density at radius 2 is 2.16 bits per heavy atom. The van der Waals surface area contributed by atoms with Crippen LogP contribution in [0.5, 0.6) is 5.75 Å². The summed E-state index contributed by atoms with van der Waals surface area (Å²) in [5, 5.41) is 0.833. The van der Waals surface area contributed by atoms with Crippen LogP contribution in [0.25, 0.3) is 10.9 Å². The number of aromatic amines is 1. The van der Waals surface area contributed by atoms with Crippen molar-refractivity contribution in [3.8, 4) is 5.75 Å². The van der Waals surface area contributed by atoms with Crippen molar-refractivity contribution in [3.05, 3.63) is 62.0 Å². The van der Waals surface area contributed by atoms with Gasteiger partial charge in [0.15, 0.2) is 11.2 Å². The zero-order chi connectivity index (χ0) is 14.0. The minimum absolute atomic E-state index is 0.0113. The van der Waals surface area contributed by atoms with Crippen molar-refractivity contribution in [3.63, 3.8) is 0 Å². The Morgan fingerprint density at radius 1 is 1.42 bits per heavy atom. The molecule has 0 aliphatic heterocycles. The number of hydrogen-bond acceptors (Lipinski definition) is 3. The lowest BCUT2D eigenvalue weighted by Crippen LogP contribution is -2.12. The first-order valence-electron chi connectivity index (χ1n) is 5.62. The Kier molecular flexibility index (Phi) is 3.71. The predicted octanol–water partition coefficient (Wildman–Crippen LogP) is 2.28. The molecule has 0 amide bonds. The molecule has 4 nitrogen and oxygen atoms in total. The maximum atomic E-state index is 12.4. The number of benzene rings is 1. The van der Waals surface area contributed by atoms with Gasteiger partial charge in [0.1, 0.15) is 0 Å². The molecule has 0 spiro atoms. The average Bonchev–Trinajstić information content (AvgIpc) is 2.46. The predicted molar refractivity (Wildman–Crippen MR) is 76.3 cm³/mol. The lowest BCUT2D eigenvalue weighted by Gasteiger charge is -1.99. The number of allylic oxidation sites excluding steroid dienone is 1. The number of nitrogens with one attached hydrogen (secondary N) is 1. The maximum absolute atomic E-state index is 12.4. The summed E-state index contributed by atoms with van der Waals surface area (Å²) in [5.41, 5.74) is -0.0531. The summed E-state index contributed by atoms with van der Waals surface area (Å²) in [5.74, 6) is 0.0113. The van der Waals surface area contributed by atoms with Crippen molar-refractivity contribution in [2.24, 2.45) is 0 Å². The van der Waals surface area contributed by atoms with Gasteiger partial charge >= 0.3 is 0 Å². The minimum atomic E-state index is -0.464. The van der Waals surface area contributed by atoms with Crippen LogP contribution in [0.3, 0.4) is 0 Å². The van der Waals surface area contributed by atoms with E-state index in [0.29, 0.717) is 15.9 Å². The van der Waals surface area contributed by atoms with Crippen molar-refractivity contribution in [2.45, 2.75) is 6.42 Å². The molecular formula is C14H12ClNO3. The number of aromatic nitrogens is 1. The van der Waals surface area contributed by atoms with Crippen molar-refractivity contribution in [1.82, 2.24) is 4.98 Å². The summed E-state index contributed by atoms with van der Waals surface area (Å²) in [4.78, 5) is 27.1. The summed E-state index contributed by atoms with van der Waals surface area (Å²) in [6.07, 6.45) is 1.82. The molecular weight excluding hydrogens is 266 g/mol. The SMILES string of the molecule is C=CCc1c(OC)c(=O)[nH]c2cc(Cl)ccc2c1=O. The number of halogens is 1. The van der Waals surface area contributed by atoms with Gasteiger partial charge in [0.2, 0.25) is 0 Å². The fraction of sp³-hybridized carbons (Fsp3) is 0.143. The molecule has 1 N–H and O–H groups in total. The molecule has 0 atom stereocenters. The Morgan fingerprint density at radius 3 is 2.79 bits per heavy atom. The second-order valence-corrected chi connectivity index (χ2v) is 4.41. The number of ether oxygens (including phenoxy) is 1. The summed E-state index contributed by atoms with van der Waals surface area (Å²) in [6.45, 7) is 3.59. The van der Waals surface area contributed by atoms with Crippen LogP contribution < -0.4 is 15.7 Å². The van der Waals surface area contributed by atoms with E-state index in [4.69, 9.17) is 16.3 Å². The molecule has 98 valence electrons. The molecule has 1 heterocycles. The quantitative estimate of drug-likeness (QED) is 0.876. The third-order valence-electron chi connectivity index (χ3n) is 2.78. The van der Waals surface area contributed by atoms with Crippen molar-refractivity contribution >= 4 is 22.5 Å². The number of H-pyrrole nitrogens is 1. The van der Waals surface area contributed by atoms with E-state index in [1.54, 1.807) is 18.2 Å². The van der Waals surface area contributed by atoms with E-state index in [9.17, 15) is 9.59 Å². The highest BCUT2D eigenvalue weighted by Gasteiger charge is 2.12. The third-order valence-corrected chi connectivity index (χ3v) is 3.02. The molecule has 0 saturated heterocycles. The molecule has 1 aromatic heterocycles. The molecule has 2 aromatic rings. The van der Waals surface area contributed by atoms with Crippen molar-refractivity contribution in [1.29, 1.82) is 0 Å². The standard InChI is InChI=1S/C14H12ClNO3/c1-3-4-10-12(17)9-6-5-8(15)7-11(9)16-14(18)13(10)19-2/h3,5-7H,1,4H2,2H3,(H,16,18). The largest absolute Gasteiger partial charge is 0.491 e. The number of methoxy groups -OCH3 is 1. The van der Waals surface area contributed by atoms with Crippen LogP contribution in [-0.2, 0) is 6.42 Å². The van der Waals surface area contributed by atoms with Crippen molar-refractivity contribution in [2.75, 3.05) is 7.11 Å². The molecule has 0 radical (unpaired) electrons. The third kappa shape index (κ3) is 2.39. The van der Waals surface area contributed by atoms with Crippen LogP contribution in [0.4, 0.5) is 0 Å². The highest BCUT2D eigenvalue weighted by molar-refractivity contribution is 6.31. The van der Waals surface area contributed by atoms with E-state index in [0.717, 1.165) is 0 Å². The first kappa shape index (κ1) is 13.4. The Hall–Kier alpha value is -2.07. The molecule has 0 saturated carbocycles. The van der Waals surface area contributed by atoms with Gasteiger partial charge in [-0.15, -0.1) is 6.58 Å². The second kappa shape index (κ2) is 5.28. The van der Waals surface area contributed by atoms with Gasteiger partial charge in [-0.05, 0) is 24.6 Å². The molecule has 0 aliphatic carbocycles. The highest BCUT2D eigenvalue weighted by atomic mass is 35.5. The molecule has 0 unspecified atom stereocenters. The van der Waals surface area contributed by atoms with Gasteiger partial charge in [0, 0.05) is 10.4 Å². The molecule has 0 aliphatic rings. The fourth-order valence-corrected chi connectivity index (χ4v) is 2.12. The molecule has 5 heteroatoms. The average molecular weight is 278 g/mol. The van der Waals surface area contributed by atoms with E-state index in [1.807, 2.05) is 0 Å². The van der Waals surface area contributed by atoms with E-state index in [1.165, 1.54) is 13.2 Å². The van der Waals surface area contributed by atoms with Gasteiger partial charge in [-0.3, -0.25) is 9.59 Å². The van der Waals surface area contributed by atoms with Gasteiger partial charge in [-0.2, -0.15) is 0 Å². The van der Waals surface area contributed by atoms with Gasteiger partial charge in [-0.1, -0.05) is 17.7 Å². The van der Waals surface area contributed by atoms with Crippen LogP contribution in [0.2, 0.25) is 5.02 Å². The number of rotatable bonds is 3. The topological polar surface area (TPSA) is 59.2 Å². The highest BCUT2D eigenvalue weighted by Crippen LogP contribution is 2.16. The summed E-state index contributed by atoms with van der Waals surface area (Å²) in [7, 11) is 1.36. The smallest absolute Gasteiger partial charge is 0.291 e. The van der Waals surface area contributed by atoms with Gasteiger partial charge in [-0.25, -0.2) is 0 Å². The lowest BCUT2D eigenvalue weighted by molar-refractivity contribution is 0.405. The second-order valence-electron chi connectivity index (χ2n) is 3.98. The van der Waals surface area contributed by atoms with Crippen LogP contribution in [0.15, 0.2) is 40.4 Å². The zero-order valence-corrected chi connectivity index (χ0v) is 11.1. The molecule has 1 aromatic carbocycles. The van der Waals surface area contributed by atoms with Crippen LogP contribution in [-0.4, -0.2) is 12.1 Å². The number of fused-ring (bicyclic) bond motifs is 1. The molecule has 0 fully saturated rings. The van der Waals surface area contributed by atoms with Gasteiger partial charge < -0.3 is 9.72 Å². The van der Waals surface area contributed by atoms with E-state index < -0.39 is 5.56 Å². The summed E-state index contributed by atoms with van der Waals surface area (Å²) >= 11 is 5.87. The Labute approximate surface area is 114 Å². The van der Waals surface area contributed by atoms with E-state index in [-0.39, 0.29) is 23.2 Å². The van der Waals surface area contributed by atoms with E-state index >= 15 is 0 Å². The minimum Gasteiger partial charge on any atom is -0.491 e. The van der Waals surface area contributed by atoms with Crippen molar-refractivity contribution < 1.29 is 4.74 Å². The molecule has 2 rings (SSSR count). The lowest BCUT2D eigenvalue weighted by atomic mass is 10.1. The fourth-order valence-electron chi connectivity index (χ4n) is 1.95. The summed E-state index contributed by atoms with van der Waals surface area (Å²) in [6, 6.07) is 4.73. The van der Waals surface area contributed by atoms with E-state index in [2.05, 4.69) is 11.6 Å². The number of hydrogen-bond donors (Lipinski definition) is 1. The Balaban J connectivity index is 3.05. The van der Waals surface area contributed by atoms with Gasteiger partial charge in [0.05, 0.1) is 18.2 Å². The van der Waals surface area contributed by atoms with Crippen LogP contribution >= 0.6 is 11.6 Å². The van der Waals surface area contributed by atoms with Gasteiger partial charge in [0.25, 0.3) is 5.56 Å². The van der Waals surface area contributed by atoms with Crippen LogP contribution in [0, 0.1) is 0 Å². The molecule has 0 bridgehead atoms.